The van der Waals surface area contributed by atoms with Gasteiger partial charge in [-0.15, -0.1) is 0 Å². The van der Waals surface area contributed by atoms with Crippen LogP contribution in [0.3, 0.4) is 0 Å². The van der Waals surface area contributed by atoms with Gasteiger partial charge in [0.25, 0.3) is 0 Å². The molecule has 0 bridgehead atoms. The minimum absolute atomic E-state index is 0.160. The van der Waals surface area contributed by atoms with Crippen molar-refractivity contribution in [3.05, 3.63) is 28.8 Å². The Morgan fingerprint density at radius 1 is 1.31 bits per heavy atom. The molecule has 4 heteroatoms. The minimum Gasteiger partial charge on any atom is -0.324 e. The Morgan fingerprint density at radius 2 is 1.94 bits per heavy atom. The first-order valence-electron chi connectivity index (χ1n) is 5.44. The fraction of sp³-hybridized carbons (Fsp3) is 0.500. The highest BCUT2D eigenvalue weighted by molar-refractivity contribution is 7.92. The van der Waals surface area contributed by atoms with E-state index in [1.165, 1.54) is 0 Å². The van der Waals surface area contributed by atoms with Crippen molar-refractivity contribution in [2.45, 2.75) is 43.4 Å². The molecule has 1 aliphatic rings. The molecule has 0 radical (unpaired) electrons. The second-order valence-electron chi connectivity index (χ2n) is 4.70. The van der Waals surface area contributed by atoms with Crippen molar-refractivity contribution >= 4 is 9.84 Å². The molecule has 0 spiro atoms. The van der Waals surface area contributed by atoms with Gasteiger partial charge in [0.05, 0.1) is 10.1 Å². The summed E-state index contributed by atoms with van der Waals surface area (Å²) < 4.78 is 24.5. The van der Waals surface area contributed by atoms with Crippen molar-refractivity contribution in [3.63, 3.8) is 0 Å². The summed E-state index contributed by atoms with van der Waals surface area (Å²) in [6.45, 7) is 5.54. The summed E-state index contributed by atoms with van der Waals surface area (Å²) in [6.07, 6.45) is 0.512. The van der Waals surface area contributed by atoms with Crippen molar-refractivity contribution in [2.24, 2.45) is 5.73 Å². The summed E-state index contributed by atoms with van der Waals surface area (Å²) >= 11 is 0. The van der Waals surface area contributed by atoms with Gasteiger partial charge in [-0.3, -0.25) is 0 Å². The smallest absolute Gasteiger partial charge is 0.181 e. The topological polar surface area (TPSA) is 60.2 Å². The van der Waals surface area contributed by atoms with Crippen LogP contribution >= 0.6 is 0 Å². The monoisotopic (exact) mass is 239 g/mol. The second-order valence-corrected chi connectivity index (χ2v) is 7.00. The van der Waals surface area contributed by atoms with Gasteiger partial charge in [-0.25, -0.2) is 8.42 Å². The Hall–Kier alpha value is -0.870. The molecule has 3 nitrogen and oxygen atoms in total. The molecule has 1 aromatic carbocycles. The molecule has 0 aliphatic carbocycles. The molecule has 16 heavy (non-hydrogen) atoms. The lowest BCUT2D eigenvalue weighted by atomic mass is 9.98. The summed E-state index contributed by atoms with van der Waals surface area (Å²) in [5, 5.41) is -0.378. The largest absolute Gasteiger partial charge is 0.324 e. The summed E-state index contributed by atoms with van der Waals surface area (Å²) in [5.74, 6) is 0. The Morgan fingerprint density at radius 3 is 2.56 bits per heavy atom. The van der Waals surface area contributed by atoms with Crippen LogP contribution < -0.4 is 5.73 Å². The predicted molar refractivity (Wildman–Crippen MR) is 64.1 cm³/mol. The SMILES string of the molecule is Cc1cc(C)c2c(c1)C(N)CC(C)S2(=O)=O. The van der Waals surface area contributed by atoms with Gasteiger partial charge < -0.3 is 5.73 Å². The molecular formula is C12H17NO2S. The molecule has 0 aromatic heterocycles. The van der Waals surface area contributed by atoms with E-state index in [0.29, 0.717) is 11.3 Å². The first kappa shape index (κ1) is 11.6. The lowest BCUT2D eigenvalue weighted by Gasteiger charge is -2.28. The van der Waals surface area contributed by atoms with Crippen molar-refractivity contribution in [1.82, 2.24) is 0 Å². The number of benzene rings is 1. The number of rotatable bonds is 0. The van der Waals surface area contributed by atoms with Crippen LogP contribution in [0, 0.1) is 13.8 Å². The fourth-order valence-corrected chi connectivity index (χ4v) is 4.37. The predicted octanol–water partition coefficient (Wildman–Crippen LogP) is 1.87. The van der Waals surface area contributed by atoms with Crippen LogP contribution in [-0.2, 0) is 9.84 Å². The molecule has 1 heterocycles. The maximum Gasteiger partial charge on any atom is 0.181 e. The van der Waals surface area contributed by atoms with E-state index >= 15 is 0 Å². The van der Waals surface area contributed by atoms with Crippen LogP contribution in [0.1, 0.15) is 36.1 Å². The summed E-state index contributed by atoms with van der Waals surface area (Å²) in [4.78, 5) is 0.462. The molecule has 2 rings (SSSR count). The standard InChI is InChI=1S/C12H17NO2S/c1-7-4-8(2)12-10(5-7)11(13)6-9(3)16(12,14)15/h4-5,9,11H,6,13H2,1-3H3. The van der Waals surface area contributed by atoms with Crippen molar-refractivity contribution in [2.75, 3.05) is 0 Å². The lowest BCUT2D eigenvalue weighted by molar-refractivity contribution is 0.536. The molecular weight excluding hydrogens is 222 g/mol. The quantitative estimate of drug-likeness (QED) is 0.752. The number of hydrogen-bond donors (Lipinski definition) is 1. The molecule has 0 saturated carbocycles. The summed E-state index contributed by atoms with van der Waals surface area (Å²) in [7, 11) is -3.18. The van der Waals surface area contributed by atoms with Gasteiger partial charge >= 0.3 is 0 Å². The molecule has 2 atom stereocenters. The number of aryl methyl sites for hydroxylation is 2. The number of sulfone groups is 1. The van der Waals surface area contributed by atoms with Gasteiger partial charge in [0, 0.05) is 6.04 Å². The maximum absolute atomic E-state index is 12.2. The van der Waals surface area contributed by atoms with E-state index in [9.17, 15) is 8.42 Å². The van der Waals surface area contributed by atoms with Crippen LogP contribution in [0.5, 0.6) is 0 Å². The first-order chi connectivity index (χ1) is 7.34. The highest BCUT2D eigenvalue weighted by Crippen LogP contribution is 2.37. The molecule has 88 valence electrons. The van der Waals surface area contributed by atoms with Gasteiger partial charge in [0.1, 0.15) is 0 Å². The molecule has 1 aliphatic heterocycles. The fourth-order valence-electron chi connectivity index (χ4n) is 2.46. The van der Waals surface area contributed by atoms with Crippen LogP contribution in [0.2, 0.25) is 0 Å². The van der Waals surface area contributed by atoms with Gasteiger partial charge in [-0.05, 0) is 38.3 Å². The molecule has 0 amide bonds. The molecule has 2 unspecified atom stereocenters. The zero-order valence-electron chi connectivity index (χ0n) is 9.82. The van der Waals surface area contributed by atoms with E-state index < -0.39 is 9.84 Å². The van der Waals surface area contributed by atoms with E-state index in [1.807, 2.05) is 26.0 Å². The zero-order chi connectivity index (χ0) is 12.1. The summed E-state index contributed by atoms with van der Waals surface area (Å²) in [6, 6.07) is 3.64. The van der Waals surface area contributed by atoms with Crippen LogP contribution in [0.15, 0.2) is 17.0 Å². The van der Waals surface area contributed by atoms with Gasteiger partial charge in [0.2, 0.25) is 0 Å². The first-order valence-corrected chi connectivity index (χ1v) is 6.99. The molecule has 0 saturated heterocycles. The Labute approximate surface area is 96.6 Å². The minimum atomic E-state index is -3.18. The average molecular weight is 239 g/mol. The third-order valence-corrected chi connectivity index (χ3v) is 5.63. The van der Waals surface area contributed by atoms with Crippen molar-refractivity contribution < 1.29 is 8.42 Å². The Bertz CT molecular complexity index is 534. The average Bonchev–Trinajstić information content (AvgIpc) is 2.13. The second kappa shape index (κ2) is 3.57. The van der Waals surface area contributed by atoms with Crippen molar-refractivity contribution in [1.29, 1.82) is 0 Å². The zero-order valence-corrected chi connectivity index (χ0v) is 10.6. The highest BCUT2D eigenvalue weighted by Gasteiger charge is 2.35. The number of hydrogen-bond acceptors (Lipinski definition) is 3. The van der Waals surface area contributed by atoms with Gasteiger partial charge in [-0.1, -0.05) is 17.7 Å². The molecule has 0 fully saturated rings. The van der Waals surface area contributed by atoms with E-state index in [-0.39, 0.29) is 11.3 Å². The normalized spacial score (nSPS) is 27.5. The van der Waals surface area contributed by atoms with Crippen molar-refractivity contribution in [3.8, 4) is 0 Å². The number of fused-ring (bicyclic) bond motifs is 1. The summed E-state index contributed by atoms with van der Waals surface area (Å²) in [5.41, 5.74) is 8.70. The third-order valence-electron chi connectivity index (χ3n) is 3.25. The maximum atomic E-state index is 12.2. The Kier molecular flexibility index (Phi) is 2.59. The molecule has 1 aromatic rings. The van der Waals surface area contributed by atoms with E-state index in [1.54, 1.807) is 6.92 Å². The third kappa shape index (κ3) is 1.57. The van der Waals surface area contributed by atoms with Gasteiger partial charge in [0.15, 0.2) is 9.84 Å². The Balaban J connectivity index is 2.80. The van der Waals surface area contributed by atoms with E-state index in [4.69, 9.17) is 5.73 Å². The van der Waals surface area contributed by atoms with Gasteiger partial charge in [-0.2, -0.15) is 0 Å². The van der Waals surface area contributed by atoms with Crippen LogP contribution in [-0.4, -0.2) is 13.7 Å². The lowest BCUT2D eigenvalue weighted by Crippen LogP contribution is -2.32. The highest BCUT2D eigenvalue weighted by atomic mass is 32.2. The molecule has 2 N–H and O–H groups in total. The van der Waals surface area contributed by atoms with E-state index in [2.05, 4.69) is 0 Å². The van der Waals surface area contributed by atoms with Crippen LogP contribution in [0.4, 0.5) is 0 Å². The van der Waals surface area contributed by atoms with E-state index in [0.717, 1.165) is 16.7 Å². The number of nitrogens with two attached hydrogens (primary N) is 1. The van der Waals surface area contributed by atoms with Crippen LogP contribution in [0.25, 0.3) is 0 Å².